The van der Waals surface area contributed by atoms with Crippen LogP contribution >= 0.6 is 0 Å². The Balaban J connectivity index is 2.54. The van der Waals surface area contributed by atoms with Crippen molar-refractivity contribution in [2.45, 2.75) is 45.6 Å². The van der Waals surface area contributed by atoms with Gasteiger partial charge in [0.1, 0.15) is 0 Å². The molecule has 7 heteroatoms. The number of benzene rings is 1. The van der Waals surface area contributed by atoms with Gasteiger partial charge in [-0.05, 0) is 38.8 Å². The minimum atomic E-state index is -3.44. The SMILES string of the molecule is CC(C)OC(=O)CCCCC(=O)c1ccccc1NS(C)(=O)=O. The minimum Gasteiger partial charge on any atom is -0.463 e. The molecule has 0 unspecified atom stereocenters. The number of para-hydroxylation sites is 1. The van der Waals surface area contributed by atoms with E-state index in [1.54, 1.807) is 38.1 Å². The highest BCUT2D eigenvalue weighted by molar-refractivity contribution is 7.92. The zero-order valence-corrected chi connectivity index (χ0v) is 14.5. The van der Waals surface area contributed by atoms with Crippen LogP contribution in [0.4, 0.5) is 5.69 Å². The van der Waals surface area contributed by atoms with E-state index < -0.39 is 10.0 Å². The number of nitrogens with one attached hydrogen (secondary N) is 1. The van der Waals surface area contributed by atoms with E-state index in [2.05, 4.69) is 4.72 Å². The van der Waals surface area contributed by atoms with Crippen LogP contribution in [0.3, 0.4) is 0 Å². The van der Waals surface area contributed by atoms with Crippen LogP contribution in [0.15, 0.2) is 24.3 Å². The van der Waals surface area contributed by atoms with Crippen LogP contribution in [0.5, 0.6) is 0 Å². The lowest BCUT2D eigenvalue weighted by atomic mass is 10.0. The summed E-state index contributed by atoms with van der Waals surface area (Å²) in [5, 5.41) is 0. The lowest BCUT2D eigenvalue weighted by Gasteiger charge is -2.10. The van der Waals surface area contributed by atoms with Gasteiger partial charge in [-0.25, -0.2) is 8.42 Å². The lowest BCUT2D eigenvalue weighted by Crippen LogP contribution is -2.13. The minimum absolute atomic E-state index is 0.141. The fourth-order valence-electron chi connectivity index (χ4n) is 2.03. The maximum atomic E-state index is 12.2. The first-order chi connectivity index (χ1) is 10.7. The molecule has 0 saturated carbocycles. The number of ketones is 1. The number of unbranched alkanes of at least 4 members (excludes halogenated alkanes) is 1. The molecule has 23 heavy (non-hydrogen) atoms. The summed E-state index contributed by atoms with van der Waals surface area (Å²) in [6.07, 6.45) is 2.51. The number of ether oxygens (including phenoxy) is 1. The molecule has 0 bridgehead atoms. The van der Waals surface area contributed by atoms with Crippen molar-refractivity contribution >= 4 is 27.5 Å². The second-order valence-electron chi connectivity index (χ2n) is 5.59. The molecular formula is C16H23NO5S. The van der Waals surface area contributed by atoms with Gasteiger partial charge in [0.25, 0.3) is 0 Å². The van der Waals surface area contributed by atoms with Crippen LogP contribution in [0.1, 0.15) is 49.9 Å². The molecule has 0 spiro atoms. The van der Waals surface area contributed by atoms with Crippen LogP contribution < -0.4 is 4.72 Å². The number of anilines is 1. The Morgan fingerprint density at radius 2 is 1.74 bits per heavy atom. The topological polar surface area (TPSA) is 89.5 Å². The molecule has 0 radical (unpaired) electrons. The smallest absolute Gasteiger partial charge is 0.306 e. The first-order valence-corrected chi connectivity index (χ1v) is 9.37. The number of hydrogen-bond acceptors (Lipinski definition) is 5. The molecular weight excluding hydrogens is 318 g/mol. The zero-order valence-electron chi connectivity index (χ0n) is 13.7. The predicted octanol–water partition coefficient (Wildman–Crippen LogP) is 2.75. The molecule has 0 aliphatic carbocycles. The average molecular weight is 341 g/mol. The average Bonchev–Trinajstić information content (AvgIpc) is 2.41. The van der Waals surface area contributed by atoms with Crippen molar-refractivity contribution in [1.82, 2.24) is 0 Å². The van der Waals surface area contributed by atoms with Crippen molar-refractivity contribution in [2.75, 3.05) is 11.0 Å². The van der Waals surface area contributed by atoms with Gasteiger partial charge >= 0.3 is 5.97 Å². The maximum absolute atomic E-state index is 12.2. The summed E-state index contributed by atoms with van der Waals surface area (Å²) in [5.74, 6) is -0.430. The van der Waals surface area contributed by atoms with E-state index in [0.717, 1.165) is 6.26 Å². The molecule has 128 valence electrons. The summed E-state index contributed by atoms with van der Waals surface area (Å²) in [7, 11) is -3.44. The molecule has 0 aromatic heterocycles. The normalized spacial score (nSPS) is 11.3. The van der Waals surface area contributed by atoms with Gasteiger partial charge in [0.15, 0.2) is 5.78 Å². The Morgan fingerprint density at radius 3 is 2.35 bits per heavy atom. The van der Waals surface area contributed by atoms with Gasteiger partial charge < -0.3 is 4.74 Å². The summed E-state index contributed by atoms with van der Waals surface area (Å²) >= 11 is 0. The number of sulfonamides is 1. The largest absolute Gasteiger partial charge is 0.463 e. The van der Waals surface area contributed by atoms with E-state index >= 15 is 0 Å². The molecule has 0 aliphatic heterocycles. The Labute approximate surface area is 137 Å². The Hall–Kier alpha value is -1.89. The fourth-order valence-corrected chi connectivity index (χ4v) is 2.60. The van der Waals surface area contributed by atoms with Gasteiger partial charge in [-0.3, -0.25) is 14.3 Å². The Kier molecular flexibility index (Phi) is 7.22. The van der Waals surface area contributed by atoms with E-state index in [0.29, 0.717) is 18.4 Å². The summed E-state index contributed by atoms with van der Waals surface area (Å²) in [4.78, 5) is 23.6. The van der Waals surface area contributed by atoms with Gasteiger partial charge in [-0.2, -0.15) is 0 Å². The molecule has 1 N–H and O–H groups in total. The van der Waals surface area contributed by atoms with E-state index in [9.17, 15) is 18.0 Å². The van der Waals surface area contributed by atoms with E-state index in [4.69, 9.17) is 4.74 Å². The molecule has 0 aliphatic rings. The highest BCUT2D eigenvalue weighted by Crippen LogP contribution is 2.19. The number of carbonyl (C=O) groups excluding carboxylic acids is 2. The summed E-state index contributed by atoms with van der Waals surface area (Å²) in [5.41, 5.74) is 0.613. The van der Waals surface area contributed by atoms with Crippen molar-refractivity contribution in [1.29, 1.82) is 0 Å². The zero-order chi connectivity index (χ0) is 17.5. The van der Waals surface area contributed by atoms with Crippen LogP contribution in [0.2, 0.25) is 0 Å². The molecule has 0 atom stereocenters. The summed E-state index contributed by atoms with van der Waals surface area (Å²) < 4.78 is 30.0. The van der Waals surface area contributed by atoms with E-state index in [1.807, 2.05) is 0 Å². The molecule has 0 amide bonds. The number of hydrogen-bond donors (Lipinski definition) is 1. The van der Waals surface area contributed by atoms with Gasteiger partial charge in [0.05, 0.1) is 18.0 Å². The van der Waals surface area contributed by atoms with E-state index in [-0.39, 0.29) is 36.4 Å². The third-order valence-corrected chi connectivity index (χ3v) is 3.52. The Morgan fingerprint density at radius 1 is 1.13 bits per heavy atom. The number of carbonyl (C=O) groups is 2. The van der Waals surface area contributed by atoms with Crippen molar-refractivity contribution < 1.29 is 22.7 Å². The van der Waals surface area contributed by atoms with Crippen LogP contribution in [-0.4, -0.2) is 32.5 Å². The number of rotatable bonds is 9. The van der Waals surface area contributed by atoms with Gasteiger partial charge in [0.2, 0.25) is 10.0 Å². The van der Waals surface area contributed by atoms with Crippen molar-refractivity contribution in [3.05, 3.63) is 29.8 Å². The van der Waals surface area contributed by atoms with Crippen LogP contribution in [0, 0.1) is 0 Å². The highest BCUT2D eigenvalue weighted by Gasteiger charge is 2.14. The molecule has 1 aromatic carbocycles. The third-order valence-electron chi connectivity index (χ3n) is 2.92. The molecule has 1 rings (SSSR count). The monoisotopic (exact) mass is 341 g/mol. The van der Waals surface area contributed by atoms with Crippen molar-refractivity contribution in [2.24, 2.45) is 0 Å². The highest BCUT2D eigenvalue weighted by atomic mass is 32.2. The van der Waals surface area contributed by atoms with Gasteiger partial charge in [-0.15, -0.1) is 0 Å². The Bertz CT molecular complexity index is 652. The van der Waals surface area contributed by atoms with Gasteiger partial charge in [-0.1, -0.05) is 12.1 Å². The second-order valence-corrected chi connectivity index (χ2v) is 7.34. The van der Waals surface area contributed by atoms with Crippen molar-refractivity contribution in [3.8, 4) is 0 Å². The maximum Gasteiger partial charge on any atom is 0.306 e. The van der Waals surface area contributed by atoms with Crippen LogP contribution in [0.25, 0.3) is 0 Å². The standard InChI is InChI=1S/C16H23NO5S/c1-12(2)22-16(19)11-7-6-10-15(18)13-8-4-5-9-14(13)17-23(3,20)21/h4-5,8-9,12,17H,6-7,10-11H2,1-3H3. The molecule has 6 nitrogen and oxygen atoms in total. The summed E-state index contributed by atoms with van der Waals surface area (Å²) in [6.45, 7) is 3.57. The van der Waals surface area contributed by atoms with Crippen molar-refractivity contribution in [3.63, 3.8) is 0 Å². The quantitative estimate of drug-likeness (QED) is 0.424. The molecule has 1 aromatic rings. The van der Waals surface area contributed by atoms with Gasteiger partial charge in [0, 0.05) is 18.4 Å². The number of esters is 1. The second kappa shape index (κ2) is 8.67. The first kappa shape index (κ1) is 19.2. The molecule has 0 heterocycles. The fraction of sp³-hybridized carbons (Fsp3) is 0.500. The summed E-state index contributed by atoms with van der Waals surface area (Å²) in [6, 6.07) is 6.48. The lowest BCUT2D eigenvalue weighted by molar-refractivity contribution is -0.147. The molecule has 0 fully saturated rings. The number of Topliss-reactive ketones (excluding diaryl/α,β-unsaturated/α-hetero) is 1. The van der Waals surface area contributed by atoms with E-state index in [1.165, 1.54) is 0 Å². The predicted molar refractivity (Wildman–Crippen MR) is 88.9 cm³/mol. The first-order valence-electron chi connectivity index (χ1n) is 7.48. The molecule has 0 saturated heterocycles. The van der Waals surface area contributed by atoms with Crippen LogP contribution in [-0.2, 0) is 19.6 Å². The third kappa shape index (κ3) is 7.78.